The minimum Gasteiger partial charge on any atom is -0.359 e. The molecule has 0 bridgehead atoms. The first-order chi connectivity index (χ1) is 20.1. The maximum atomic E-state index is 15.3. The van der Waals surface area contributed by atoms with E-state index >= 15 is 17.6 Å². The number of nitrogens with zero attached hydrogens (tertiary/aromatic N) is 2. The van der Waals surface area contributed by atoms with Crippen LogP contribution in [0, 0.1) is 58.2 Å². The van der Waals surface area contributed by atoms with Crippen molar-refractivity contribution in [3.8, 4) is 11.3 Å². The van der Waals surface area contributed by atoms with Gasteiger partial charge in [0, 0.05) is 28.8 Å². The third-order valence-corrected chi connectivity index (χ3v) is 6.65. The van der Waals surface area contributed by atoms with Crippen LogP contribution in [0.25, 0.3) is 11.3 Å². The summed E-state index contributed by atoms with van der Waals surface area (Å²) in [5.41, 5.74) is -5.21. The quantitative estimate of drug-likeness (QED) is 0.119. The van der Waals surface area contributed by atoms with Crippen LogP contribution in [0.2, 0.25) is 0 Å². The van der Waals surface area contributed by atoms with Crippen molar-refractivity contribution >= 4 is 5.91 Å². The minimum atomic E-state index is -3.10. The van der Waals surface area contributed by atoms with Gasteiger partial charge in [-0.25, -0.2) is 43.9 Å². The number of benzene rings is 3. The Morgan fingerprint density at radius 2 is 1.00 bits per heavy atom. The zero-order valence-corrected chi connectivity index (χ0v) is 22.6. The molecule has 14 heteroatoms. The highest BCUT2D eigenvalue weighted by atomic mass is 19.2. The highest BCUT2D eigenvalue weighted by Crippen LogP contribution is 2.44. The molecular weight excluding hydrogens is 598 g/mol. The van der Waals surface area contributed by atoms with Gasteiger partial charge in [0.25, 0.3) is 5.91 Å². The normalized spacial score (nSPS) is 11.7. The van der Waals surface area contributed by atoms with Gasteiger partial charge in [-0.2, -0.15) is 0 Å². The predicted octanol–water partition coefficient (Wildman–Crippen LogP) is 8.17. The van der Waals surface area contributed by atoms with Gasteiger partial charge in [0.05, 0.1) is 5.92 Å². The van der Waals surface area contributed by atoms with Crippen LogP contribution >= 0.6 is 0 Å². The third-order valence-electron chi connectivity index (χ3n) is 6.65. The third kappa shape index (κ3) is 5.12. The smallest absolute Gasteiger partial charge is 0.260 e. The van der Waals surface area contributed by atoms with Crippen LogP contribution in [0.15, 0.2) is 34.9 Å². The lowest BCUT2D eigenvalue weighted by Gasteiger charge is -2.31. The molecule has 4 aromatic rings. The van der Waals surface area contributed by atoms with Gasteiger partial charge in [0.1, 0.15) is 11.3 Å². The van der Waals surface area contributed by atoms with Crippen molar-refractivity contribution < 1.29 is 53.2 Å². The minimum absolute atomic E-state index is 0.0851. The largest absolute Gasteiger partial charge is 0.359 e. The van der Waals surface area contributed by atoms with Crippen LogP contribution in [0.5, 0.6) is 0 Å². The van der Waals surface area contributed by atoms with Crippen LogP contribution in [0.3, 0.4) is 0 Å². The molecule has 1 amide bonds. The Labute approximate surface area is 237 Å². The number of carbonyl (C=O) groups is 1. The predicted molar refractivity (Wildman–Crippen MR) is 132 cm³/mol. The second kappa shape index (κ2) is 11.7. The Bertz CT molecular complexity index is 1590. The van der Waals surface area contributed by atoms with Crippen LogP contribution in [-0.4, -0.2) is 28.0 Å². The van der Waals surface area contributed by atoms with Gasteiger partial charge in [0.2, 0.25) is 11.6 Å². The molecule has 4 nitrogen and oxygen atoms in total. The van der Waals surface area contributed by atoms with Crippen LogP contribution < -0.4 is 0 Å². The lowest BCUT2D eigenvalue weighted by molar-refractivity contribution is 0.0641. The SMILES string of the molecule is CC(C)N(C(=O)c1c(-c2ccccc2)noc1C(c1c(F)c(F)c(F)c(F)c1F)c1c(F)c(F)c(F)c(F)c1F)C(C)C. The summed E-state index contributed by atoms with van der Waals surface area (Å²) in [5.74, 6) is -31.8. The summed E-state index contributed by atoms with van der Waals surface area (Å²) < 4.78 is 152. The molecule has 0 fully saturated rings. The zero-order chi connectivity index (χ0) is 32.1. The maximum absolute atomic E-state index is 15.3. The van der Waals surface area contributed by atoms with E-state index in [-0.39, 0.29) is 5.56 Å². The number of rotatable bonds is 7. The summed E-state index contributed by atoms with van der Waals surface area (Å²) in [6, 6.07) is 5.98. The van der Waals surface area contributed by atoms with Crippen LogP contribution in [-0.2, 0) is 0 Å². The molecule has 0 aliphatic carbocycles. The zero-order valence-electron chi connectivity index (χ0n) is 22.6. The van der Waals surface area contributed by atoms with Gasteiger partial charge in [-0.1, -0.05) is 35.5 Å². The summed E-state index contributed by atoms with van der Waals surface area (Å²) in [6.07, 6.45) is 0. The summed E-state index contributed by atoms with van der Waals surface area (Å²) in [7, 11) is 0. The molecule has 1 aromatic heterocycles. The molecule has 3 aromatic carbocycles. The first-order valence-electron chi connectivity index (χ1n) is 12.5. The van der Waals surface area contributed by atoms with E-state index in [9.17, 15) is 31.1 Å². The van der Waals surface area contributed by atoms with Gasteiger partial charge >= 0.3 is 0 Å². The summed E-state index contributed by atoms with van der Waals surface area (Å²) in [5, 5.41) is 3.69. The van der Waals surface area contributed by atoms with Crippen molar-refractivity contribution in [2.24, 2.45) is 0 Å². The Kier molecular flexibility index (Phi) is 8.61. The molecule has 0 aliphatic heterocycles. The Morgan fingerprint density at radius 3 is 1.37 bits per heavy atom. The molecule has 228 valence electrons. The molecule has 4 rings (SSSR count). The summed E-state index contributed by atoms with van der Waals surface area (Å²) in [4.78, 5) is 15.2. The molecule has 0 unspecified atom stereocenters. The second-order valence-corrected chi connectivity index (χ2v) is 9.94. The average Bonchev–Trinajstić information content (AvgIpc) is 3.41. The van der Waals surface area contributed by atoms with Crippen LogP contribution in [0.1, 0.15) is 60.9 Å². The molecule has 0 radical (unpaired) electrons. The maximum Gasteiger partial charge on any atom is 0.260 e. The Morgan fingerprint density at radius 1 is 0.628 bits per heavy atom. The second-order valence-electron chi connectivity index (χ2n) is 9.94. The molecule has 0 atom stereocenters. The Hall–Kier alpha value is -4.36. The van der Waals surface area contributed by atoms with E-state index in [0.29, 0.717) is 0 Å². The molecule has 0 N–H and O–H groups in total. The first-order valence-corrected chi connectivity index (χ1v) is 12.5. The van der Waals surface area contributed by atoms with Crippen molar-refractivity contribution in [3.63, 3.8) is 0 Å². The summed E-state index contributed by atoms with van der Waals surface area (Å²) in [6.45, 7) is 6.22. The summed E-state index contributed by atoms with van der Waals surface area (Å²) >= 11 is 0. The number of halogens is 10. The topological polar surface area (TPSA) is 46.3 Å². The monoisotopic (exact) mass is 618 g/mol. The standard InChI is InChI=1S/C29H20F10N2O2/c1-10(2)41(11(3)4)29(42)16-27(12-8-6-5-7-9-12)40-43-28(16)13(14-17(30)21(34)25(38)22(35)18(14)31)15-19(32)23(36)26(39)24(37)20(15)33/h5-11,13H,1-4H3. The molecule has 0 spiro atoms. The van der Waals surface area contributed by atoms with Crippen molar-refractivity contribution in [1.29, 1.82) is 0 Å². The number of hydrogen-bond donors (Lipinski definition) is 0. The van der Waals surface area contributed by atoms with E-state index in [4.69, 9.17) is 4.52 Å². The van der Waals surface area contributed by atoms with Crippen molar-refractivity contribution in [1.82, 2.24) is 10.1 Å². The number of amides is 1. The van der Waals surface area contributed by atoms with Gasteiger partial charge < -0.3 is 9.42 Å². The van der Waals surface area contributed by atoms with E-state index in [1.54, 1.807) is 33.8 Å². The highest BCUT2D eigenvalue weighted by Gasteiger charge is 2.43. The number of carbonyl (C=O) groups excluding carboxylic acids is 1. The molecule has 1 heterocycles. The van der Waals surface area contributed by atoms with E-state index in [2.05, 4.69) is 5.16 Å². The first kappa shape index (κ1) is 31.6. The van der Waals surface area contributed by atoms with Crippen molar-refractivity contribution in [2.45, 2.75) is 45.7 Å². The molecule has 43 heavy (non-hydrogen) atoms. The fourth-order valence-electron chi connectivity index (χ4n) is 4.85. The average molecular weight is 618 g/mol. The molecular formula is C29H20F10N2O2. The van der Waals surface area contributed by atoms with Gasteiger partial charge in [0.15, 0.2) is 52.3 Å². The number of hydrogen-bond acceptors (Lipinski definition) is 3. The molecule has 0 aliphatic rings. The van der Waals surface area contributed by atoms with Crippen LogP contribution in [0.4, 0.5) is 43.9 Å². The van der Waals surface area contributed by atoms with E-state index in [1.807, 2.05) is 0 Å². The van der Waals surface area contributed by atoms with Crippen molar-refractivity contribution in [3.05, 3.63) is 111 Å². The van der Waals surface area contributed by atoms with Gasteiger partial charge in [-0.15, -0.1) is 0 Å². The number of aromatic nitrogens is 1. The van der Waals surface area contributed by atoms with E-state index < -0.39 is 110 Å². The molecule has 0 saturated heterocycles. The lowest BCUT2D eigenvalue weighted by atomic mass is 9.84. The fraction of sp³-hybridized carbons (Fsp3) is 0.241. The van der Waals surface area contributed by atoms with E-state index in [1.165, 1.54) is 24.3 Å². The Balaban J connectivity index is 2.24. The van der Waals surface area contributed by atoms with Gasteiger partial charge in [-0.05, 0) is 27.7 Å². The van der Waals surface area contributed by atoms with E-state index in [0.717, 1.165) is 4.90 Å². The highest BCUT2D eigenvalue weighted by molar-refractivity contribution is 6.01. The lowest BCUT2D eigenvalue weighted by Crippen LogP contribution is -2.42. The van der Waals surface area contributed by atoms with Gasteiger partial charge in [-0.3, -0.25) is 4.79 Å². The molecule has 0 saturated carbocycles. The van der Waals surface area contributed by atoms with Crippen molar-refractivity contribution in [2.75, 3.05) is 0 Å². The fourth-order valence-corrected chi connectivity index (χ4v) is 4.85.